The smallest absolute Gasteiger partial charge is 0.355 e. The molecule has 2 heterocycles. The molecule has 0 saturated carbocycles. The quantitative estimate of drug-likeness (QED) is 0.619. The van der Waals surface area contributed by atoms with Gasteiger partial charge in [-0.3, -0.25) is 4.40 Å². The Kier molecular flexibility index (Phi) is 2.64. The summed E-state index contributed by atoms with van der Waals surface area (Å²) in [6.45, 7) is 0. The van der Waals surface area contributed by atoms with Crippen molar-refractivity contribution in [3.8, 4) is 0 Å². The summed E-state index contributed by atoms with van der Waals surface area (Å²) >= 11 is 4.14. The van der Waals surface area contributed by atoms with Crippen LogP contribution in [0.1, 0.15) is 16.2 Å². The number of esters is 1. The van der Waals surface area contributed by atoms with Crippen molar-refractivity contribution in [1.29, 1.82) is 0 Å². The van der Waals surface area contributed by atoms with Crippen molar-refractivity contribution in [2.75, 3.05) is 7.11 Å². The van der Waals surface area contributed by atoms with Gasteiger partial charge in [0.05, 0.1) is 12.8 Å². The number of carbonyl (C=O) groups excluding carboxylic acids is 1. The van der Waals surface area contributed by atoms with Gasteiger partial charge in [-0.2, -0.15) is 12.6 Å². The third-order valence-electron chi connectivity index (χ3n) is 2.10. The summed E-state index contributed by atoms with van der Waals surface area (Å²) in [6.07, 6.45) is 1.79. The third kappa shape index (κ3) is 1.70. The van der Waals surface area contributed by atoms with Crippen LogP contribution in [-0.2, 0) is 10.5 Å². The zero-order chi connectivity index (χ0) is 10.8. The summed E-state index contributed by atoms with van der Waals surface area (Å²) in [5.41, 5.74) is 2.02. The maximum absolute atomic E-state index is 11.4. The minimum Gasteiger partial charge on any atom is -0.464 e. The fraction of sp³-hybridized carbons (Fsp3) is 0.200. The Morgan fingerprint density at radius 2 is 2.40 bits per heavy atom. The summed E-state index contributed by atoms with van der Waals surface area (Å²) in [5.74, 6) is 0.172. The second kappa shape index (κ2) is 3.94. The minimum absolute atomic E-state index is 0.372. The van der Waals surface area contributed by atoms with Crippen LogP contribution < -0.4 is 0 Å². The van der Waals surface area contributed by atoms with Gasteiger partial charge in [-0.25, -0.2) is 9.78 Å². The predicted molar refractivity (Wildman–Crippen MR) is 59.2 cm³/mol. The van der Waals surface area contributed by atoms with Crippen molar-refractivity contribution in [3.05, 3.63) is 35.8 Å². The number of fused-ring (bicyclic) bond motifs is 1. The molecule has 0 aliphatic heterocycles. The number of imidazole rings is 1. The third-order valence-corrected chi connectivity index (χ3v) is 2.42. The van der Waals surface area contributed by atoms with Crippen molar-refractivity contribution in [3.63, 3.8) is 0 Å². The van der Waals surface area contributed by atoms with Gasteiger partial charge >= 0.3 is 5.97 Å². The number of methoxy groups -OCH3 is 1. The molecule has 2 aromatic heterocycles. The molecule has 0 bridgehead atoms. The summed E-state index contributed by atoms with van der Waals surface area (Å²) in [4.78, 5) is 15.7. The standard InChI is InChI=1S/C10H10N2O2S/c1-14-10(13)8-3-2-4-9-11-7(6-15)5-12(8)9/h2-5,15H,6H2,1H3. The van der Waals surface area contributed by atoms with Crippen molar-refractivity contribution in [2.45, 2.75) is 5.75 Å². The number of pyridine rings is 1. The van der Waals surface area contributed by atoms with E-state index in [1.807, 2.05) is 6.07 Å². The average Bonchev–Trinajstić information content (AvgIpc) is 2.70. The van der Waals surface area contributed by atoms with Crippen molar-refractivity contribution >= 4 is 24.2 Å². The van der Waals surface area contributed by atoms with E-state index < -0.39 is 0 Å². The summed E-state index contributed by atoms with van der Waals surface area (Å²) in [6, 6.07) is 5.30. The highest BCUT2D eigenvalue weighted by Crippen LogP contribution is 2.11. The number of ether oxygens (including phenoxy) is 1. The van der Waals surface area contributed by atoms with E-state index in [9.17, 15) is 4.79 Å². The van der Waals surface area contributed by atoms with Crippen LogP contribution in [0.4, 0.5) is 0 Å². The highest BCUT2D eigenvalue weighted by molar-refractivity contribution is 7.79. The van der Waals surface area contributed by atoms with Gasteiger partial charge < -0.3 is 4.74 Å². The van der Waals surface area contributed by atoms with Crippen LogP contribution in [0.25, 0.3) is 5.65 Å². The molecular formula is C10H10N2O2S. The molecule has 0 aromatic carbocycles. The summed E-state index contributed by atoms with van der Waals surface area (Å²) < 4.78 is 6.39. The van der Waals surface area contributed by atoms with Crippen molar-refractivity contribution in [1.82, 2.24) is 9.38 Å². The van der Waals surface area contributed by atoms with E-state index in [4.69, 9.17) is 0 Å². The highest BCUT2D eigenvalue weighted by atomic mass is 32.1. The molecule has 0 atom stereocenters. The lowest BCUT2D eigenvalue weighted by Gasteiger charge is -2.01. The number of aromatic nitrogens is 2. The van der Waals surface area contributed by atoms with Crippen LogP contribution in [0.5, 0.6) is 0 Å². The van der Waals surface area contributed by atoms with Gasteiger partial charge in [-0.15, -0.1) is 0 Å². The van der Waals surface area contributed by atoms with Gasteiger partial charge in [-0.1, -0.05) is 6.07 Å². The largest absolute Gasteiger partial charge is 0.464 e. The van der Waals surface area contributed by atoms with E-state index >= 15 is 0 Å². The van der Waals surface area contributed by atoms with E-state index in [0.29, 0.717) is 11.4 Å². The molecule has 5 heteroatoms. The van der Waals surface area contributed by atoms with E-state index in [-0.39, 0.29) is 5.97 Å². The van der Waals surface area contributed by atoms with Crippen LogP contribution >= 0.6 is 12.6 Å². The molecule has 0 N–H and O–H groups in total. The fourth-order valence-electron chi connectivity index (χ4n) is 1.41. The zero-order valence-corrected chi connectivity index (χ0v) is 9.07. The Morgan fingerprint density at radius 3 is 3.07 bits per heavy atom. The van der Waals surface area contributed by atoms with Gasteiger partial charge in [0, 0.05) is 11.9 Å². The second-order valence-electron chi connectivity index (χ2n) is 3.02. The van der Waals surface area contributed by atoms with Gasteiger partial charge in [0.15, 0.2) is 0 Å². The van der Waals surface area contributed by atoms with Gasteiger partial charge in [0.1, 0.15) is 11.3 Å². The molecule has 78 valence electrons. The molecule has 0 radical (unpaired) electrons. The number of rotatable bonds is 2. The van der Waals surface area contributed by atoms with Crippen LogP contribution in [-0.4, -0.2) is 22.5 Å². The summed E-state index contributed by atoms with van der Waals surface area (Å²) in [5, 5.41) is 0. The molecule has 0 unspecified atom stereocenters. The van der Waals surface area contributed by atoms with Gasteiger partial charge in [-0.05, 0) is 12.1 Å². The lowest BCUT2D eigenvalue weighted by molar-refractivity contribution is 0.0592. The molecule has 0 spiro atoms. The Bertz CT molecular complexity index is 507. The Balaban J connectivity index is 2.64. The molecule has 2 aromatic rings. The topological polar surface area (TPSA) is 43.6 Å². The molecule has 2 rings (SSSR count). The van der Waals surface area contributed by atoms with Gasteiger partial charge in [0.25, 0.3) is 0 Å². The first-order chi connectivity index (χ1) is 7.26. The van der Waals surface area contributed by atoms with E-state index in [0.717, 1.165) is 11.3 Å². The van der Waals surface area contributed by atoms with Crippen LogP contribution in [0.2, 0.25) is 0 Å². The first-order valence-corrected chi connectivity index (χ1v) is 5.05. The second-order valence-corrected chi connectivity index (χ2v) is 3.34. The predicted octanol–water partition coefficient (Wildman–Crippen LogP) is 1.55. The van der Waals surface area contributed by atoms with Crippen LogP contribution in [0, 0.1) is 0 Å². The zero-order valence-electron chi connectivity index (χ0n) is 8.17. The molecule has 0 amide bonds. The fourth-order valence-corrected chi connectivity index (χ4v) is 1.56. The first-order valence-electron chi connectivity index (χ1n) is 4.42. The number of hydrogen-bond acceptors (Lipinski definition) is 4. The highest BCUT2D eigenvalue weighted by Gasteiger charge is 2.11. The van der Waals surface area contributed by atoms with Crippen molar-refractivity contribution in [2.24, 2.45) is 0 Å². The van der Waals surface area contributed by atoms with Crippen molar-refractivity contribution < 1.29 is 9.53 Å². The maximum Gasteiger partial charge on any atom is 0.355 e. The van der Waals surface area contributed by atoms with E-state index in [2.05, 4.69) is 22.3 Å². The lowest BCUT2D eigenvalue weighted by atomic mass is 10.3. The normalized spacial score (nSPS) is 10.5. The number of hydrogen-bond donors (Lipinski definition) is 1. The molecule has 0 aliphatic carbocycles. The maximum atomic E-state index is 11.4. The molecule has 0 aliphatic rings. The molecule has 15 heavy (non-hydrogen) atoms. The number of thiol groups is 1. The van der Waals surface area contributed by atoms with E-state index in [1.54, 1.807) is 22.7 Å². The number of nitrogens with zero attached hydrogens (tertiary/aromatic N) is 2. The SMILES string of the molecule is COC(=O)c1cccc2nc(CS)cn12. The summed E-state index contributed by atoms with van der Waals surface area (Å²) in [7, 11) is 1.36. The molecule has 0 saturated heterocycles. The Morgan fingerprint density at radius 1 is 1.60 bits per heavy atom. The Labute approximate surface area is 92.3 Å². The van der Waals surface area contributed by atoms with Crippen LogP contribution in [0.15, 0.2) is 24.4 Å². The molecule has 4 nitrogen and oxygen atoms in total. The Hall–Kier alpha value is -1.49. The monoisotopic (exact) mass is 222 g/mol. The molecular weight excluding hydrogens is 212 g/mol. The lowest BCUT2D eigenvalue weighted by Crippen LogP contribution is -2.06. The number of carbonyl (C=O) groups is 1. The van der Waals surface area contributed by atoms with Crippen LogP contribution in [0.3, 0.4) is 0 Å². The molecule has 0 fully saturated rings. The first kappa shape index (κ1) is 10.0. The van der Waals surface area contributed by atoms with Gasteiger partial charge in [0.2, 0.25) is 0 Å². The van der Waals surface area contributed by atoms with E-state index in [1.165, 1.54) is 7.11 Å². The average molecular weight is 222 g/mol. The minimum atomic E-state index is -0.372.